The lowest BCUT2D eigenvalue weighted by atomic mass is 9.68. The number of ether oxygens (including phenoxy) is 1. The molecule has 1 aliphatic heterocycles. The number of furan rings is 1. The lowest BCUT2D eigenvalue weighted by Gasteiger charge is -2.44. The minimum absolute atomic E-state index is 0.157. The molecule has 2 aromatic carbocycles. The summed E-state index contributed by atoms with van der Waals surface area (Å²) in [5.41, 5.74) is 6.41. The Labute approximate surface area is 215 Å². The van der Waals surface area contributed by atoms with E-state index in [1.165, 1.54) is 0 Å². The first-order valence-electron chi connectivity index (χ1n) is 12.9. The van der Waals surface area contributed by atoms with Gasteiger partial charge in [-0.1, -0.05) is 55.3 Å². The van der Waals surface area contributed by atoms with Crippen LogP contribution in [0.15, 0.2) is 59.0 Å². The summed E-state index contributed by atoms with van der Waals surface area (Å²) in [7, 11) is 0. The normalized spacial score (nSPS) is 25.5. The van der Waals surface area contributed by atoms with E-state index in [0.29, 0.717) is 38.1 Å². The standard InChI is InChI=1S/C29H30N4O4/c30-16-27(13-14-27)33-26(35)29(32-25(34)24-15-20-5-1-2-7-23(20)37-24)12-4-3-6-22(29)19-8-10-21(11-9-19)28(31)17-36-18-28/h1-2,5,7-11,15,22H,3-4,6,12-14,17-18,31H2,(H,32,34)(H,33,35). The number of nitrogens with one attached hydrogen (secondary N) is 2. The molecule has 1 aromatic heterocycles. The van der Waals surface area contributed by atoms with Gasteiger partial charge in [0.15, 0.2) is 5.76 Å². The third-order valence-corrected chi connectivity index (χ3v) is 8.22. The van der Waals surface area contributed by atoms with Crippen molar-refractivity contribution in [3.05, 3.63) is 71.5 Å². The molecule has 4 N–H and O–H groups in total. The van der Waals surface area contributed by atoms with Crippen LogP contribution in [0.2, 0.25) is 0 Å². The lowest BCUT2D eigenvalue weighted by molar-refractivity contribution is -0.130. The van der Waals surface area contributed by atoms with Crippen LogP contribution in [0, 0.1) is 11.3 Å². The minimum Gasteiger partial charge on any atom is -0.451 e. The molecule has 0 spiro atoms. The number of amides is 2. The monoisotopic (exact) mass is 498 g/mol. The first-order valence-corrected chi connectivity index (χ1v) is 12.9. The van der Waals surface area contributed by atoms with E-state index in [9.17, 15) is 14.9 Å². The van der Waals surface area contributed by atoms with Crippen molar-refractivity contribution < 1.29 is 18.7 Å². The summed E-state index contributed by atoms with van der Waals surface area (Å²) in [6.07, 6.45) is 4.13. The van der Waals surface area contributed by atoms with Gasteiger partial charge in [0.1, 0.15) is 16.7 Å². The molecule has 3 aliphatic rings. The Morgan fingerprint density at radius 2 is 1.76 bits per heavy atom. The smallest absolute Gasteiger partial charge is 0.287 e. The molecule has 1 saturated heterocycles. The Hall–Kier alpha value is -3.67. The van der Waals surface area contributed by atoms with E-state index in [-0.39, 0.29) is 17.6 Å². The number of hydrogen-bond donors (Lipinski definition) is 3. The molecule has 0 bridgehead atoms. The lowest BCUT2D eigenvalue weighted by Crippen LogP contribution is -2.64. The second-order valence-electron chi connectivity index (χ2n) is 10.8. The van der Waals surface area contributed by atoms with Gasteiger partial charge in [-0.3, -0.25) is 9.59 Å². The van der Waals surface area contributed by atoms with Crippen LogP contribution in [0.3, 0.4) is 0 Å². The molecule has 2 atom stereocenters. The van der Waals surface area contributed by atoms with Gasteiger partial charge in [0.2, 0.25) is 5.91 Å². The summed E-state index contributed by atoms with van der Waals surface area (Å²) >= 11 is 0. The Balaban J connectivity index is 1.36. The summed E-state index contributed by atoms with van der Waals surface area (Å²) in [4.78, 5) is 27.6. The molecule has 2 heterocycles. The number of nitrogens with two attached hydrogens (primary N) is 1. The van der Waals surface area contributed by atoms with Crippen molar-refractivity contribution in [2.24, 2.45) is 5.73 Å². The predicted molar refractivity (Wildman–Crippen MR) is 136 cm³/mol. The SMILES string of the molecule is N#CC1(NC(=O)C2(NC(=O)c3cc4ccccc4o3)CCCCC2c2ccc(C3(N)COC3)cc2)CC1. The highest BCUT2D eigenvalue weighted by atomic mass is 16.5. The molecule has 6 rings (SSSR count). The third-order valence-electron chi connectivity index (χ3n) is 8.22. The maximum absolute atomic E-state index is 14.0. The minimum atomic E-state index is -1.22. The van der Waals surface area contributed by atoms with Gasteiger partial charge in [-0.15, -0.1) is 0 Å². The number of carbonyl (C=O) groups is 2. The largest absolute Gasteiger partial charge is 0.451 e. The number of carbonyl (C=O) groups excluding carboxylic acids is 2. The summed E-state index contributed by atoms with van der Waals surface area (Å²) in [5, 5.41) is 16.6. The molecule has 3 aromatic rings. The van der Waals surface area contributed by atoms with Gasteiger partial charge in [0, 0.05) is 11.3 Å². The zero-order valence-electron chi connectivity index (χ0n) is 20.6. The van der Waals surface area contributed by atoms with Crippen LogP contribution in [0.1, 0.15) is 66.1 Å². The summed E-state index contributed by atoms with van der Waals surface area (Å²) in [6.45, 7) is 0.956. The fraction of sp³-hybridized carbons (Fsp3) is 0.414. The Bertz CT molecular complexity index is 1360. The molecule has 2 aliphatic carbocycles. The highest BCUT2D eigenvalue weighted by Gasteiger charge is 2.54. The van der Waals surface area contributed by atoms with Gasteiger partial charge in [0.05, 0.1) is 24.8 Å². The van der Waals surface area contributed by atoms with E-state index in [2.05, 4.69) is 16.7 Å². The highest BCUT2D eigenvalue weighted by molar-refractivity contribution is 6.01. The number of fused-ring (bicyclic) bond motifs is 1. The molecule has 2 saturated carbocycles. The average molecular weight is 499 g/mol. The predicted octanol–water partition coefficient (Wildman–Crippen LogP) is 3.62. The van der Waals surface area contributed by atoms with Gasteiger partial charge in [-0.2, -0.15) is 5.26 Å². The Kier molecular flexibility index (Phi) is 5.59. The van der Waals surface area contributed by atoms with Gasteiger partial charge in [0.25, 0.3) is 5.91 Å². The summed E-state index contributed by atoms with van der Waals surface area (Å²) < 4.78 is 11.1. The van der Waals surface area contributed by atoms with Crippen LogP contribution < -0.4 is 16.4 Å². The highest BCUT2D eigenvalue weighted by Crippen LogP contribution is 2.44. The first kappa shape index (κ1) is 23.7. The van der Waals surface area contributed by atoms with E-state index < -0.39 is 22.5 Å². The van der Waals surface area contributed by atoms with Crippen LogP contribution in [0.4, 0.5) is 0 Å². The number of nitriles is 1. The van der Waals surface area contributed by atoms with Gasteiger partial charge < -0.3 is 25.5 Å². The van der Waals surface area contributed by atoms with Crippen molar-refractivity contribution in [1.82, 2.24) is 10.6 Å². The van der Waals surface area contributed by atoms with Crippen molar-refractivity contribution in [3.63, 3.8) is 0 Å². The average Bonchev–Trinajstić information content (AvgIpc) is 3.54. The molecular formula is C29H30N4O4. The first-order chi connectivity index (χ1) is 17.9. The maximum Gasteiger partial charge on any atom is 0.287 e. The number of rotatable bonds is 6. The topological polar surface area (TPSA) is 130 Å². The molecule has 2 unspecified atom stereocenters. The zero-order valence-corrected chi connectivity index (χ0v) is 20.6. The van der Waals surface area contributed by atoms with Crippen LogP contribution in [-0.4, -0.2) is 36.1 Å². The number of para-hydroxylation sites is 1. The molecule has 8 heteroatoms. The van der Waals surface area contributed by atoms with Crippen molar-refractivity contribution in [2.45, 2.75) is 61.1 Å². The molecule has 0 radical (unpaired) electrons. The van der Waals surface area contributed by atoms with Gasteiger partial charge in [-0.05, 0) is 48.9 Å². The van der Waals surface area contributed by atoms with Crippen molar-refractivity contribution in [1.29, 1.82) is 5.26 Å². The third kappa shape index (κ3) is 4.08. The van der Waals surface area contributed by atoms with Crippen molar-refractivity contribution in [2.75, 3.05) is 13.2 Å². The van der Waals surface area contributed by atoms with Crippen molar-refractivity contribution in [3.8, 4) is 6.07 Å². The Morgan fingerprint density at radius 3 is 2.41 bits per heavy atom. The van der Waals surface area contributed by atoms with E-state index in [0.717, 1.165) is 35.8 Å². The Morgan fingerprint density at radius 1 is 1.00 bits per heavy atom. The molecule has 8 nitrogen and oxygen atoms in total. The van der Waals surface area contributed by atoms with E-state index >= 15 is 0 Å². The van der Waals surface area contributed by atoms with E-state index in [1.807, 2.05) is 42.5 Å². The van der Waals surface area contributed by atoms with E-state index in [4.69, 9.17) is 14.9 Å². The number of nitrogens with zero attached hydrogens (tertiary/aromatic N) is 1. The van der Waals surface area contributed by atoms with Crippen LogP contribution in [0.25, 0.3) is 11.0 Å². The molecule has 37 heavy (non-hydrogen) atoms. The van der Waals surface area contributed by atoms with Gasteiger partial charge in [-0.25, -0.2) is 0 Å². The molecular weight excluding hydrogens is 468 g/mol. The van der Waals surface area contributed by atoms with Crippen LogP contribution in [0.5, 0.6) is 0 Å². The maximum atomic E-state index is 14.0. The van der Waals surface area contributed by atoms with Gasteiger partial charge >= 0.3 is 0 Å². The molecule has 3 fully saturated rings. The summed E-state index contributed by atoms with van der Waals surface area (Å²) in [5.74, 6) is -0.870. The summed E-state index contributed by atoms with van der Waals surface area (Å²) in [6, 6.07) is 19.4. The number of hydrogen-bond acceptors (Lipinski definition) is 6. The quantitative estimate of drug-likeness (QED) is 0.476. The van der Waals surface area contributed by atoms with Crippen molar-refractivity contribution >= 4 is 22.8 Å². The molecule has 190 valence electrons. The zero-order chi connectivity index (χ0) is 25.7. The fourth-order valence-electron chi connectivity index (χ4n) is 5.71. The van der Waals surface area contributed by atoms with E-state index in [1.54, 1.807) is 12.1 Å². The number of benzene rings is 2. The fourth-order valence-corrected chi connectivity index (χ4v) is 5.71. The second kappa shape index (κ2) is 8.72. The van der Waals surface area contributed by atoms with Crippen LogP contribution in [-0.2, 0) is 15.1 Å². The van der Waals surface area contributed by atoms with Crippen LogP contribution >= 0.6 is 0 Å². The second-order valence-corrected chi connectivity index (χ2v) is 10.8. The molecule has 2 amide bonds.